The fourth-order valence-electron chi connectivity index (χ4n) is 1.34. The molecule has 0 atom stereocenters. The molecular weight excluding hydrogens is 314 g/mol. The maximum Gasteiger partial charge on any atom is 0.337 e. The summed E-state index contributed by atoms with van der Waals surface area (Å²) in [5.74, 6) is -0.322. The van der Waals surface area contributed by atoms with Crippen molar-refractivity contribution in [2.45, 2.75) is 9.79 Å². The molecule has 92 valence electrons. The van der Waals surface area contributed by atoms with Crippen molar-refractivity contribution < 1.29 is 9.53 Å². The highest BCUT2D eigenvalue weighted by Crippen LogP contribution is 2.27. The van der Waals surface area contributed by atoms with Crippen LogP contribution in [0.3, 0.4) is 0 Å². The van der Waals surface area contributed by atoms with Gasteiger partial charge in [-0.15, -0.1) is 0 Å². The lowest BCUT2D eigenvalue weighted by Gasteiger charge is -2.03. The highest BCUT2D eigenvalue weighted by Gasteiger charge is 2.05. The van der Waals surface area contributed by atoms with E-state index in [1.54, 1.807) is 30.1 Å². The number of methoxy groups -OCH3 is 1. The minimum absolute atomic E-state index is 0.322. The summed E-state index contributed by atoms with van der Waals surface area (Å²) in [5.41, 5.74) is 0.552. The largest absolute Gasteiger partial charge is 0.465 e. The lowest BCUT2D eigenvalue weighted by atomic mass is 10.2. The van der Waals surface area contributed by atoms with Crippen LogP contribution < -0.4 is 0 Å². The normalized spacial score (nSPS) is 10.1. The average Bonchev–Trinajstić information content (AvgIpc) is 2.41. The molecule has 0 radical (unpaired) electrons. The maximum atomic E-state index is 11.3. The molecule has 3 nitrogen and oxygen atoms in total. The summed E-state index contributed by atoms with van der Waals surface area (Å²) in [7, 11) is 1.37. The Kier molecular flexibility index (Phi) is 4.38. The van der Waals surface area contributed by atoms with Gasteiger partial charge in [0, 0.05) is 16.0 Å². The van der Waals surface area contributed by atoms with E-state index in [4.69, 9.17) is 0 Å². The molecule has 0 saturated heterocycles. The predicted octanol–water partition coefficient (Wildman–Crippen LogP) is 3.78. The number of ether oxygens (including phenoxy) is 1. The number of rotatable bonds is 3. The summed E-state index contributed by atoms with van der Waals surface area (Å²) in [6, 6.07) is 11.2. The molecule has 1 aromatic carbocycles. The van der Waals surface area contributed by atoms with E-state index >= 15 is 0 Å². The van der Waals surface area contributed by atoms with Gasteiger partial charge in [0.15, 0.2) is 0 Å². The Labute approximate surface area is 118 Å². The number of esters is 1. The van der Waals surface area contributed by atoms with Crippen molar-refractivity contribution in [3.63, 3.8) is 0 Å². The fraction of sp³-hybridized carbons (Fsp3) is 0.0769. The van der Waals surface area contributed by atoms with Gasteiger partial charge in [-0.2, -0.15) is 0 Å². The van der Waals surface area contributed by atoms with E-state index < -0.39 is 0 Å². The summed E-state index contributed by atoms with van der Waals surface area (Å²) in [5, 5.41) is 0. The molecule has 2 rings (SSSR count). The quantitative estimate of drug-likeness (QED) is 0.636. The number of nitrogens with zero attached hydrogens (tertiary/aromatic N) is 1. The van der Waals surface area contributed by atoms with Gasteiger partial charge in [0.2, 0.25) is 0 Å². The van der Waals surface area contributed by atoms with Gasteiger partial charge in [-0.3, -0.25) is 0 Å². The van der Waals surface area contributed by atoms with Crippen LogP contribution in [0.25, 0.3) is 0 Å². The molecule has 0 fully saturated rings. The molecule has 18 heavy (non-hydrogen) atoms. The minimum Gasteiger partial charge on any atom is -0.465 e. The Bertz CT molecular complexity index is 540. The molecule has 0 spiro atoms. The predicted molar refractivity (Wildman–Crippen MR) is 73.8 cm³/mol. The first-order valence-corrected chi connectivity index (χ1v) is 6.78. The maximum absolute atomic E-state index is 11.3. The van der Waals surface area contributed by atoms with Gasteiger partial charge in [0.1, 0.15) is 4.60 Å². The van der Waals surface area contributed by atoms with Crippen LogP contribution in [0.4, 0.5) is 0 Å². The van der Waals surface area contributed by atoms with Crippen molar-refractivity contribution in [3.8, 4) is 0 Å². The molecule has 2 aromatic rings. The number of carbonyl (C=O) groups is 1. The van der Waals surface area contributed by atoms with Crippen molar-refractivity contribution >= 4 is 33.7 Å². The first-order chi connectivity index (χ1) is 8.69. The van der Waals surface area contributed by atoms with E-state index in [0.717, 1.165) is 14.4 Å². The summed E-state index contributed by atoms with van der Waals surface area (Å²) < 4.78 is 5.46. The zero-order valence-electron chi connectivity index (χ0n) is 9.59. The Balaban J connectivity index is 2.10. The summed E-state index contributed by atoms with van der Waals surface area (Å²) in [4.78, 5) is 17.5. The second-order valence-corrected chi connectivity index (χ2v) is 5.39. The molecule has 0 unspecified atom stereocenters. The first kappa shape index (κ1) is 13.1. The Morgan fingerprint density at radius 3 is 2.39 bits per heavy atom. The van der Waals surface area contributed by atoms with E-state index in [1.165, 1.54) is 7.11 Å². The van der Waals surface area contributed by atoms with Crippen LogP contribution in [-0.4, -0.2) is 18.1 Å². The lowest BCUT2D eigenvalue weighted by molar-refractivity contribution is 0.0600. The van der Waals surface area contributed by atoms with Gasteiger partial charge in [-0.05, 0) is 52.3 Å². The van der Waals surface area contributed by atoms with E-state index in [1.807, 2.05) is 24.3 Å². The standard InChI is InChI=1S/C13H10BrNO2S/c1-17-13(16)9-2-4-10(5-3-9)18-11-6-7-12(14)15-8-11/h2-8H,1H3. The first-order valence-electron chi connectivity index (χ1n) is 5.17. The third-order valence-electron chi connectivity index (χ3n) is 2.21. The van der Waals surface area contributed by atoms with Crippen LogP contribution >= 0.6 is 27.7 Å². The van der Waals surface area contributed by atoms with Crippen molar-refractivity contribution in [3.05, 3.63) is 52.8 Å². The van der Waals surface area contributed by atoms with Crippen molar-refractivity contribution in [1.82, 2.24) is 4.98 Å². The molecule has 1 heterocycles. The Morgan fingerprint density at radius 2 is 1.83 bits per heavy atom. The zero-order valence-corrected chi connectivity index (χ0v) is 12.0. The van der Waals surface area contributed by atoms with Crippen molar-refractivity contribution in [2.75, 3.05) is 7.11 Å². The van der Waals surface area contributed by atoms with Gasteiger partial charge in [0.05, 0.1) is 12.7 Å². The van der Waals surface area contributed by atoms with Gasteiger partial charge in [-0.1, -0.05) is 11.8 Å². The summed E-state index contributed by atoms with van der Waals surface area (Å²) in [6.45, 7) is 0. The van der Waals surface area contributed by atoms with Gasteiger partial charge in [-0.25, -0.2) is 9.78 Å². The summed E-state index contributed by atoms with van der Waals surface area (Å²) in [6.07, 6.45) is 1.79. The number of benzene rings is 1. The number of hydrogen-bond acceptors (Lipinski definition) is 4. The topological polar surface area (TPSA) is 39.2 Å². The fourth-order valence-corrected chi connectivity index (χ4v) is 2.36. The van der Waals surface area contributed by atoms with Crippen LogP contribution in [0.15, 0.2) is 57.0 Å². The highest BCUT2D eigenvalue weighted by molar-refractivity contribution is 9.10. The van der Waals surface area contributed by atoms with Gasteiger partial charge in [0.25, 0.3) is 0 Å². The zero-order chi connectivity index (χ0) is 13.0. The van der Waals surface area contributed by atoms with Crippen molar-refractivity contribution in [2.24, 2.45) is 0 Å². The Morgan fingerprint density at radius 1 is 1.17 bits per heavy atom. The molecule has 0 saturated carbocycles. The molecule has 0 aliphatic heterocycles. The van der Waals surface area contributed by atoms with E-state index in [-0.39, 0.29) is 5.97 Å². The SMILES string of the molecule is COC(=O)c1ccc(Sc2ccc(Br)nc2)cc1. The second-order valence-electron chi connectivity index (χ2n) is 3.43. The monoisotopic (exact) mass is 323 g/mol. The highest BCUT2D eigenvalue weighted by atomic mass is 79.9. The van der Waals surface area contributed by atoms with Gasteiger partial charge >= 0.3 is 5.97 Å². The van der Waals surface area contributed by atoms with Crippen LogP contribution in [0.5, 0.6) is 0 Å². The minimum atomic E-state index is -0.322. The molecular formula is C13H10BrNO2S. The smallest absolute Gasteiger partial charge is 0.337 e. The molecule has 0 amide bonds. The van der Waals surface area contributed by atoms with Crippen LogP contribution in [-0.2, 0) is 4.74 Å². The molecule has 0 bridgehead atoms. The van der Waals surface area contributed by atoms with Crippen molar-refractivity contribution in [1.29, 1.82) is 0 Å². The number of halogens is 1. The number of pyridine rings is 1. The van der Waals surface area contributed by atoms with E-state index in [2.05, 4.69) is 25.7 Å². The number of aromatic nitrogens is 1. The second kappa shape index (κ2) is 6.02. The van der Waals surface area contributed by atoms with E-state index in [9.17, 15) is 4.79 Å². The molecule has 0 aliphatic rings. The van der Waals surface area contributed by atoms with Crippen LogP contribution in [0.2, 0.25) is 0 Å². The summed E-state index contributed by atoms with van der Waals surface area (Å²) >= 11 is 4.88. The average molecular weight is 324 g/mol. The molecule has 5 heteroatoms. The third-order valence-corrected chi connectivity index (χ3v) is 3.67. The molecule has 1 aromatic heterocycles. The van der Waals surface area contributed by atoms with Crippen LogP contribution in [0.1, 0.15) is 10.4 Å². The van der Waals surface area contributed by atoms with Crippen LogP contribution in [0, 0.1) is 0 Å². The van der Waals surface area contributed by atoms with E-state index in [0.29, 0.717) is 5.56 Å². The molecule has 0 aliphatic carbocycles. The Hall–Kier alpha value is -1.33. The number of hydrogen-bond donors (Lipinski definition) is 0. The third kappa shape index (κ3) is 3.34. The lowest BCUT2D eigenvalue weighted by Crippen LogP contribution is -2.00. The molecule has 0 N–H and O–H groups in total. The van der Waals surface area contributed by atoms with Gasteiger partial charge < -0.3 is 4.74 Å². The number of carbonyl (C=O) groups excluding carboxylic acids is 1.